The number of carboxylic acids is 1. The van der Waals surface area contributed by atoms with Gasteiger partial charge in [-0.05, 0) is 92.8 Å². The van der Waals surface area contributed by atoms with Crippen LogP contribution in [0.4, 0.5) is 0 Å². The fourth-order valence-electron chi connectivity index (χ4n) is 3.20. The van der Waals surface area contributed by atoms with Gasteiger partial charge in [0, 0.05) is 5.39 Å². The lowest BCUT2D eigenvalue weighted by molar-refractivity contribution is 0.0698. The minimum Gasteiger partial charge on any atom is -0.478 e. The van der Waals surface area contributed by atoms with Crippen molar-refractivity contribution in [1.82, 2.24) is 0 Å². The van der Waals surface area contributed by atoms with Crippen molar-refractivity contribution in [3.8, 4) is 0 Å². The molecule has 0 amide bonds. The number of carbonyl (C=O) groups is 1. The molecule has 0 atom stereocenters. The summed E-state index contributed by atoms with van der Waals surface area (Å²) in [5.74, 6) is -0.832. The lowest BCUT2D eigenvalue weighted by atomic mass is 9.83. The third-order valence-electron chi connectivity index (χ3n) is 5.03. The number of carboxylic acid groups (broad SMARTS) is 1. The Morgan fingerprint density at radius 3 is 1.35 bits per heavy atom. The molecule has 20 heavy (non-hydrogen) atoms. The topological polar surface area (TPSA) is 37.3 Å². The fourth-order valence-corrected chi connectivity index (χ4v) is 3.20. The maximum Gasteiger partial charge on any atom is 0.336 e. The molecule has 1 N–H and O–H groups in total. The molecule has 2 aromatic rings. The zero-order chi connectivity index (χ0) is 15.4. The lowest BCUT2D eigenvalue weighted by Crippen LogP contribution is -2.08. The van der Waals surface area contributed by atoms with Gasteiger partial charge in [-0.3, -0.25) is 0 Å². The van der Waals surface area contributed by atoms with Gasteiger partial charge in [-0.15, -0.1) is 0 Å². The number of hydrogen-bond donors (Lipinski definition) is 1. The Labute approximate surface area is 120 Å². The summed E-state index contributed by atoms with van der Waals surface area (Å²) in [5.41, 5.74) is 8.38. The second kappa shape index (κ2) is 4.62. The van der Waals surface area contributed by atoms with E-state index in [-0.39, 0.29) is 0 Å². The Balaban J connectivity index is 3.27. The first kappa shape index (κ1) is 14.6. The third-order valence-corrected chi connectivity index (χ3v) is 5.03. The van der Waals surface area contributed by atoms with Crippen LogP contribution in [-0.2, 0) is 0 Å². The van der Waals surface area contributed by atoms with Gasteiger partial charge >= 0.3 is 5.97 Å². The average Bonchev–Trinajstić information content (AvgIpc) is 2.39. The summed E-state index contributed by atoms with van der Waals surface area (Å²) in [6, 6.07) is 0. The minimum absolute atomic E-state index is 0.465. The molecular formula is C18H22O2. The van der Waals surface area contributed by atoms with E-state index in [9.17, 15) is 9.90 Å². The van der Waals surface area contributed by atoms with E-state index < -0.39 is 5.97 Å². The number of hydrogen-bond acceptors (Lipinski definition) is 1. The molecule has 0 radical (unpaired) electrons. The van der Waals surface area contributed by atoms with E-state index in [0.717, 1.165) is 27.5 Å². The molecule has 0 aromatic heterocycles. The Kier molecular flexibility index (Phi) is 3.37. The zero-order valence-corrected chi connectivity index (χ0v) is 13.4. The van der Waals surface area contributed by atoms with Gasteiger partial charge in [-0.1, -0.05) is 0 Å². The van der Waals surface area contributed by atoms with Crippen molar-refractivity contribution in [2.75, 3.05) is 0 Å². The SMILES string of the molecule is Cc1c(C)c(C)c2c(C(=O)O)c(C)c(C)c(C)c2c1C. The minimum atomic E-state index is -0.832. The van der Waals surface area contributed by atoms with Crippen LogP contribution in [0.15, 0.2) is 0 Å². The van der Waals surface area contributed by atoms with Crippen molar-refractivity contribution in [3.63, 3.8) is 0 Å². The summed E-state index contributed by atoms with van der Waals surface area (Å²) >= 11 is 0. The number of rotatable bonds is 1. The number of aromatic carboxylic acids is 1. The monoisotopic (exact) mass is 270 g/mol. The average molecular weight is 270 g/mol. The molecule has 0 bridgehead atoms. The van der Waals surface area contributed by atoms with Crippen LogP contribution in [0.25, 0.3) is 10.8 Å². The molecule has 0 aliphatic rings. The third kappa shape index (κ3) is 1.75. The van der Waals surface area contributed by atoms with Crippen LogP contribution in [0.5, 0.6) is 0 Å². The predicted octanol–water partition coefficient (Wildman–Crippen LogP) is 4.70. The highest BCUT2D eigenvalue weighted by Gasteiger charge is 2.21. The van der Waals surface area contributed by atoms with Gasteiger partial charge in [0.25, 0.3) is 0 Å². The largest absolute Gasteiger partial charge is 0.478 e. The molecule has 2 rings (SSSR count). The Hall–Kier alpha value is -1.83. The Bertz CT molecular complexity index is 744. The molecule has 0 fully saturated rings. The lowest BCUT2D eigenvalue weighted by Gasteiger charge is -2.21. The van der Waals surface area contributed by atoms with E-state index >= 15 is 0 Å². The maximum atomic E-state index is 11.8. The molecule has 2 aromatic carbocycles. The fraction of sp³-hybridized carbons (Fsp3) is 0.389. The van der Waals surface area contributed by atoms with Crippen LogP contribution in [0.1, 0.15) is 49.3 Å². The molecule has 0 saturated carbocycles. The van der Waals surface area contributed by atoms with E-state index in [1.54, 1.807) is 0 Å². The quantitative estimate of drug-likeness (QED) is 0.815. The van der Waals surface area contributed by atoms with Gasteiger partial charge in [-0.2, -0.15) is 0 Å². The molecule has 106 valence electrons. The highest BCUT2D eigenvalue weighted by Crippen LogP contribution is 2.37. The molecule has 0 unspecified atom stereocenters. The van der Waals surface area contributed by atoms with Crippen LogP contribution in [0.2, 0.25) is 0 Å². The molecule has 0 spiro atoms. The summed E-state index contributed by atoms with van der Waals surface area (Å²) in [7, 11) is 0. The van der Waals surface area contributed by atoms with Gasteiger partial charge in [0.15, 0.2) is 0 Å². The zero-order valence-electron chi connectivity index (χ0n) is 13.4. The Morgan fingerprint density at radius 1 is 0.600 bits per heavy atom. The number of benzene rings is 2. The van der Waals surface area contributed by atoms with Crippen LogP contribution in [0, 0.1) is 48.5 Å². The summed E-state index contributed by atoms with van der Waals surface area (Å²) in [6.07, 6.45) is 0. The van der Waals surface area contributed by atoms with Crippen LogP contribution < -0.4 is 0 Å². The highest BCUT2D eigenvalue weighted by atomic mass is 16.4. The summed E-state index contributed by atoms with van der Waals surface area (Å²) < 4.78 is 0. The van der Waals surface area contributed by atoms with Crippen molar-refractivity contribution in [2.45, 2.75) is 48.5 Å². The van der Waals surface area contributed by atoms with Crippen LogP contribution in [0.3, 0.4) is 0 Å². The van der Waals surface area contributed by atoms with E-state index in [1.165, 1.54) is 22.3 Å². The predicted molar refractivity (Wildman–Crippen MR) is 84.1 cm³/mol. The molecule has 2 nitrogen and oxygen atoms in total. The smallest absolute Gasteiger partial charge is 0.336 e. The molecule has 0 heterocycles. The maximum absolute atomic E-state index is 11.8. The molecular weight excluding hydrogens is 248 g/mol. The molecule has 2 heteroatoms. The van der Waals surface area contributed by atoms with Gasteiger partial charge < -0.3 is 5.11 Å². The van der Waals surface area contributed by atoms with Gasteiger partial charge in [0.1, 0.15) is 0 Å². The Morgan fingerprint density at radius 2 is 0.950 bits per heavy atom. The van der Waals surface area contributed by atoms with E-state index in [4.69, 9.17) is 0 Å². The van der Waals surface area contributed by atoms with Crippen molar-refractivity contribution in [3.05, 3.63) is 44.5 Å². The van der Waals surface area contributed by atoms with Crippen molar-refractivity contribution < 1.29 is 9.90 Å². The van der Waals surface area contributed by atoms with Gasteiger partial charge in [0.2, 0.25) is 0 Å². The van der Waals surface area contributed by atoms with E-state index in [0.29, 0.717) is 5.56 Å². The van der Waals surface area contributed by atoms with Crippen LogP contribution >= 0.6 is 0 Å². The van der Waals surface area contributed by atoms with Gasteiger partial charge in [-0.25, -0.2) is 4.79 Å². The van der Waals surface area contributed by atoms with Crippen molar-refractivity contribution in [1.29, 1.82) is 0 Å². The van der Waals surface area contributed by atoms with Crippen molar-refractivity contribution >= 4 is 16.7 Å². The number of fused-ring (bicyclic) bond motifs is 1. The number of aryl methyl sites for hydroxylation is 3. The van der Waals surface area contributed by atoms with Crippen molar-refractivity contribution in [2.24, 2.45) is 0 Å². The summed E-state index contributed by atoms with van der Waals surface area (Å²) in [5, 5.41) is 11.7. The van der Waals surface area contributed by atoms with Crippen LogP contribution in [-0.4, -0.2) is 11.1 Å². The molecule has 0 aliphatic carbocycles. The van der Waals surface area contributed by atoms with E-state index in [2.05, 4.69) is 27.7 Å². The molecule has 0 saturated heterocycles. The second-order valence-electron chi connectivity index (χ2n) is 5.81. The summed E-state index contributed by atoms with van der Waals surface area (Å²) in [6.45, 7) is 14.3. The summed E-state index contributed by atoms with van der Waals surface area (Å²) in [4.78, 5) is 11.8. The highest BCUT2D eigenvalue weighted by molar-refractivity contribution is 6.09. The van der Waals surface area contributed by atoms with E-state index in [1.807, 2.05) is 20.8 Å². The first-order chi connectivity index (χ1) is 9.20. The van der Waals surface area contributed by atoms with Gasteiger partial charge in [0.05, 0.1) is 5.56 Å². The second-order valence-corrected chi connectivity index (χ2v) is 5.81. The molecule has 0 aliphatic heterocycles. The normalized spacial score (nSPS) is 11.2. The first-order valence-corrected chi connectivity index (χ1v) is 6.93. The standard InChI is InChI=1S/C18H22O2/c1-8-9(2)13(6)16-15(11(8)4)12(5)10(3)14(7)17(16)18(19)20/h1-7H3,(H,19,20). The first-order valence-electron chi connectivity index (χ1n) is 6.93.